The second-order valence-electron chi connectivity index (χ2n) is 6.84. The lowest BCUT2D eigenvalue weighted by Gasteiger charge is -2.16. The van der Waals surface area contributed by atoms with Gasteiger partial charge < -0.3 is 4.74 Å². The third kappa shape index (κ3) is 2.52. The van der Waals surface area contributed by atoms with Crippen LogP contribution in [0.5, 0.6) is 5.75 Å². The van der Waals surface area contributed by atoms with Crippen LogP contribution in [0.1, 0.15) is 26.4 Å². The molecule has 30 heavy (non-hydrogen) atoms. The molecule has 0 fully saturated rings. The Bertz CT molecular complexity index is 1340. The van der Waals surface area contributed by atoms with Gasteiger partial charge in [0.1, 0.15) is 5.75 Å². The highest BCUT2D eigenvalue weighted by molar-refractivity contribution is 6.37. The molecule has 0 bridgehead atoms. The van der Waals surface area contributed by atoms with Crippen LogP contribution >= 0.6 is 11.6 Å². The van der Waals surface area contributed by atoms with Crippen molar-refractivity contribution in [3.63, 3.8) is 0 Å². The van der Waals surface area contributed by atoms with Crippen molar-refractivity contribution in [3.05, 3.63) is 76.6 Å². The predicted molar refractivity (Wildman–Crippen MR) is 113 cm³/mol. The van der Waals surface area contributed by atoms with Crippen molar-refractivity contribution < 1.29 is 14.3 Å². The summed E-state index contributed by atoms with van der Waals surface area (Å²) in [5.41, 5.74) is 2.79. The maximum atomic E-state index is 13.4. The number of halogens is 1. The lowest BCUT2D eigenvalue weighted by atomic mass is 10.1. The van der Waals surface area contributed by atoms with E-state index in [-0.39, 0.29) is 5.56 Å². The predicted octanol–water partition coefficient (Wildman–Crippen LogP) is 4.19. The fraction of sp³-hybridized carbons (Fsp3) is 0.0909. The van der Waals surface area contributed by atoms with Crippen molar-refractivity contribution >= 4 is 40.1 Å². The van der Waals surface area contributed by atoms with Gasteiger partial charge in [-0.25, -0.2) is 14.6 Å². The molecule has 8 heteroatoms. The molecule has 1 aliphatic heterocycles. The number of nitrogens with zero attached hydrogens (tertiary/aromatic N) is 4. The smallest absolute Gasteiger partial charge is 0.267 e. The first-order chi connectivity index (χ1) is 14.5. The molecule has 0 spiro atoms. The van der Waals surface area contributed by atoms with Crippen LogP contribution in [0.4, 0.5) is 5.69 Å². The molecule has 0 saturated heterocycles. The van der Waals surface area contributed by atoms with Gasteiger partial charge in [0.05, 0.1) is 40.7 Å². The zero-order valence-electron chi connectivity index (χ0n) is 16.1. The summed E-state index contributed by atoms with van der Waals surface area (Å²) in [5.74, 6) is -0.428. The number of anilines is 1. The molecule has 3 heterocycles. The van der Waals surface area contributed by atoms with Crippen LogP contribution in [0.25, 0.3) is 16.7 Å². The Morgan fingerprint density at radius 3 is 2.47 bits per heavy atom. The number of methoxy groups -OCH3 is 1. The summed E-state index contributed by atoms with van der Waals surface area (Å²) in [5, 5.41) is 5.72. The average molecular weight is 419 g/mol. The highest BCUT2D eigenvalue weighted by atomic mass is 35.5. The summed E-state index contributed by atoms with van der Waals surface area (Å²) in [6, 6.07) is 14.1. The van der Waals surface area contributed by atoms with E-state index < -0.39 is 11.8 Å². The largest absolute Gasteiger partial charge is 0.495 e. The first-order valence-corrected chi connectivity index (χ1v) is 9.55. The van der Waals surface area contributed by atoms with Crippen LogP contribution in [-0.4, -0.2) is 33.7 Å². The van der Waals surface area contributed by atoms with E-state index in [2.05, 4.69) is 10.1 Å². The molecule has 148 valence electrons. The van der Waals surface area contributed by atoms with Gasteiger partial charge in [-0.15, -0.1) is 0 Å². The number of carbonyl (C=O) groups is 2. The fourth-order valence-electron chi connectivity index (χ4n) is 3.76. The number of rotatable bonds is 3. The Hall–Kier alpha value is -3.71. The van der Waals surface area contributed by atoms with Gasteiger partial charge in [0.25, 0.3) is 11.8 Å². The van der Waals surface area contributed by atoms with Gasteiger partial charge in [-0.2, -0.15) is 5.10 Å². The minimum Gasteiger partial charge on any atom is -0.495 e. The minimum absolute atomic E-state index is 0.247. The molecule has 0 radical (unpaired) electrons. The van der Waals surface area contributed by atoms with Crippen LogP contribution in [-0.2, 0) is 0 Å². The molecule has 0 atom stereocenters. The van der Waals surface area contributed by atoms with E-state index in [1.54, 1.807) is 48.0 Å². The molecule has 2 aromatic carbocycles. The van der Waals surface area contributed by atoms with Gasteiger partial charge in [0, 0.05) is 11.2 Å². The van der Waals surface area contributed by atoms with Crippen molar-refractivity contribution in [1.29, 1.82) is 0 Å². The molecule has 2 amide bonds. The molecular formula is C22H15ClN4O3. The zero-order valence-corrected chi connectivity index (χ0v) is 16.8. The van der Waals surface area contributed by atoms with E-state index >= 15 is 0 Å². The second kappa shape index (κ2) is 6.67. The Morgan fingerprint density at radius 1 is 1.00 bits per heavy atom. The number of aromatic nitrogens is 3. The normalized spacial score (nSPS) is 13.2. The Morgan fingerprint density at radius 2 is 1.73 bits per heavy atom. The molecule has 0 unspecified atom stereocenters. The number of pyridine rings is 1. The van der Waals surface area contributed by atoms with Crippen LogP contribution in [0, 0.1) is 6.92 Å². The molecule has 0 N–H and O–H groups in total. The van der Waals surface area contributed by atoms with Gasteiger partial charge in [-0.05, 0) is 43.3 Å². The lowest BCUT2D eigenvalue weighted by Crippen LogP contribution is -2.29. The Labute approximate surface area is 176 Å². The molecule has 0 saturated carbocycles. The van der Waals surface area contributed by atoms with E-state index in [0.29, 0.717) is 38.8 Å². The summed E-state index contributed by atoms with van der Waals surface area (Å²) < 4.78 is 6.99. The van der Waals surface area contributed by atoms with Gasteiger partial charge >= 0.3 is 0 Å². The van der Waals surface area contributed by atoms with E-state index in [1.165, 1.54) is 13.3 Å². The average Bonchev–Trinajstić information content (AvgIpc) is 3.22. The highest BCUT2D eigenvalue weighted by Gasteiger charge is 2.41. The molecule has 0 aliphatic carbocycles. The van der Waals surface area contributed by atoms with Gasteiger partial charge in [0.2, 0.25) is 0 Å². The first-order valence-electron chi connectivity index (χ1n) is 9.17. The van der Waals surface area contributed by atoms with Crippen molar-refractivity contribution in [2.45, 2.75) is 6.92 Å². The van der Waals surface area contributed by atoms with Crippen molar-refractivity contribution in [1.82, 2.24) is 14.8 Å². The molecule has 2 aromatic heterocycles. The number of amides is 2. The number of ether oxygens (including phenoxy) is 1. The SMILES string of the molecule is COc1ccccc1N1C(=O)c2cnc3c(c(C)nn3-c3ccc(Cl)cc3)c2C1=O. The molecule has 7 nitrogen and oxygen atoms in total. The van der Waals surface area contributed by atoms with Crippen molar-refractivity contribution in [3.8, 4) is 11.4 Å². The third-order valence-corrected chi connectivity index (χ3v) is 5.37. The summed E-state index contributed by atoms with van der Waals surface area (Å²) in [6.45, 7) is 1.79. The number of carbonyl (C=O) groups excluding carboxylic acids is 2. The van der Waals surface area contributed by atoms with E-state index in [1.807, 2.05) is 12.1 Å². The van der Waals surface area contributed by atoms with E-state index in [0.717, 1.165) is 10.6 Å². The number of aryl methyl sites for hydroxylation is 1. The quantitative estimate of drug-likeness (QED) is 0.466. The summed E-state index contributed by atoms with van der Waals surface area (Å²) in [7, 11) is 1.50. The van der Waals surface area contributed by atoms with Crippen LogP contribution in [0.3, 0.4) is 0 Å². The monoisotopic (exact) mass is 418 g/mol. The first kappa shape index (κ1) is 18.3. The molecule has 1 aliphatic rings. The molecule has 4 aromatic rings. The van der Waals surface area contributed by atoms with Crippen LogP contribution in [0.2, 0.25) is 5.02 Å². The van der Waals surface area contributed by atoms with Gasteiger partial charge in [-0.3, -0.25) is 9.59 Å². The standard InChI is InChI=1S/C22H15ClN4O3/c1-12-18-19-15(11-24-20(18)27(25-12)14-9-7-13(23)8-10-14)21(28)26(22(19)29)16-5-3-4-6-17(16)30-2/h3-11H,1-2H3. The highest BCUT2D eigenvalue weighted by Crippen LogP contribution is 2.37. The number of fused-ring (bicyclic) bond motifs is 3. The van der Waals surface area contributed by atoms with Crippen molar-refractivity contribution in [2.24, 2.45) is 0 Å². The lowest BCUT2D eigenvalue weighted by molar-refractivity contribution is 0.0925. The molecule has 5 rings (SSSR count). The number of hydrogen-bond donors (Lipinski definition) is 0. The maximum absolute atomic E-state index is 13.4. The Balaban J connectivity index is 1.71. The third-order valence-electron chi connectivity index (χ3n) is 5.12. The topological polar surface area (TPSA) is 77.3 Å². The number of imide groups is 1. The number of hydrogen-bond acceptors (Lipinski definition) is 5. The maximum Gasteiger partial charge on any atom is 0.267 e. The van der Waals surface area contributed by atoms with Crippen LogP contribution in [0.15, 0.2) is 54.7 Å². The number of benzene rings is 2. The summed E-state index contributed by atoms with van der Waals surface area (Å²) in [6.07, 6.45) is 1.43. The molecular weight excluding hydrogens is 404 g/mol. The van der Waals surface area contributed by atoms with E-state index in [4.69, 9.17) is 16.3 Å². The van der Waals surface area contributed by atoms with Gasteiger partial charge in [-0.1, -0.05) is 23.7 Å². The van der Waals surface area contributed by atoms with Gasteiger partial charge in [0.15, 0.2) is 5.65 Å². The Kier molecular flexibility index (Phi) is 4.08. The zero-order chi connectivity index (χ0) is 21.0. The summed E-state index contributed by atoms with van der Waals surface area (Å²) >= 11 is 5.99. The van der Waals surface area contributed by atoms with Crippen molar-refractivity contribution in [2.75, 3.05) is 12.0 Å². The minimum atomic E-state index is -0.437. The van der Waals surface area contributed by atoms with Crippen LogP contribution < -0.4 is 9.64 Å². The van der Waals surface area contributed by atoms with E-state index in [9.17, 15) is 9.59 Å². The number of para-hydroxylation sites is 2. The fourth-order valence-corrected chi connectivity index (χ4v) is 3.88. The summed E-state index contributed by atoms with van der Waals surface area (Å²) in [4.78, 5) is 32.1. The second-order valence-corrected chi connectivity index (χ2v) is 7.27.